The van der Waals surface area contributed by atoms with Crippen LogP contribution in [0.5, 0.6) is 0 Å². The van der Waals surface area contributed by atoms with Gasteiger partial charge in [-0.25, -0.2) is 5.01 Å². The normalized spacial score (nSPS) is 36.6. The zero-order valence-electron chi connectivity index (χ0n) is 11.7. The summed E-state index contributed by atoms with van der Waals surface area (Å²) in [7, 11) is 0. The molecule has 2 nitrogen and oxygen atoms in total. The number of hydrogen-bond donors (Lipinski definition) is 1. The van der Waals surface area contributed by atoms with Gasteiger partial charge in [0.2, 0.25) is 0 Å². The summed E-state index contributed by atoms with van der Waals surface area (Å²) < 4.78 is 0. The lowest BCUT2D eigenvalue weighted by Gasteiger charge is -2.51. The van der Waals surface area contributed by atoms with E-state index in [4.69, 9.17) is 34.8 Å². The molecule has 0 amide bonds. The third kappa shape index (κ3) is 3.41. The van der Waals surface area contributed by atoms with E-state index < -0.39 is 4.87 Å². The summed E-state index contributed by atoms with van der Waals surface area (Å²) in [6, 6.07) is 0. The number of fused-ring (bicyclic) bond motifs is 3. The fourth-order valence-corrected chi connectivity index (χ4v) is 4.26. The Bertz CT molecular complexity index is 335. The molecule has 0 radical (unpaired) electrons. The first kappa shape index (κ1) is 15.9. The number of hydrogen-bond acceptors (Lipinski definition) is 2. The number of nitrogens with one attached hydrogen (secondary N) is 1. The molecule has 3 heterocycles. The number of halogens is 3. The van der Waals surface area contributed by atoms with Crippen molar-refractivity contribution in [2.75, 3.05) is 19.6 Å². The quantitative estimate of drug-likeness (QED) is 0.611. The number of rotatable bonds is 5. The van der Waals surface area contributed by atoms with Crippen LogP contribution in [0.3, 0.4) is 0 Å². The predicted molar refractivity (Wildman–Crippen MR) is 84.2 cm³/mol. The molecule has 3 aliphatic heterocycles. The van der Waals surface area contributed by atoms with E-state index in [1.165, 1.54) is 12.8 Å². The van der Waals surface area contributed by atoms with Gasteiger partial charge >= 0.3 is 0 Å². The molecule has 0 aromatic heterocycles. The number of nitrogens with zero attached hydrogens (tertiary/aromatic N) is 1. The maximum absolute atomic E-state index is 6.75. The first-order valence-electron chi connectivity index (χ1n) is 6.87. The summed E-state index contributed by atoms with van der Waals surface area (Å²) in [4.78, 5) is -0.506. The number of allylic oxidation sites excluding steroid dienone is 1. The highest BCUT2D eigenvalue weighted by atomic mass is 35.5. The van der Waals surface area contributed by atoms with E-state index in [1.807, 2.05) is 13.8 Å². The van der Waals surface area contributed by atoms with Crippen LogP contribution in [-0.2, 0) is 0 Å². The maximum Gasteiger partial charge on any atom is 0.0726 e. The summed E-state index contributed by atoms with van der Waals surface area (Å²) in [6.45, 7) is 11.0. The van der Waals surface area contributed by atoms with Crippen LogP contribution in [0.1, 0.15) is 33.1 Å². The van der Waals surface area contributed by atoms with Gasteiger partial charge in [0.05, 0.1) is 15.6 Å². The Labute approximate surface area is 131 Å². The molecule has 3 saturated heterocycles. The van der Waals surface area contributed by atoms with Crippen LogP contribution in [0.4, 0.5) is 0 Å². The fraction of sp³-hybridized carbons (Fsp3) is 0.857. The molecule has 3 atom stereocenters. The van der Waals surface area contributed by atoms with Crippen molar-refractivity contribution in [1.29, 1.82) is 0 Å². The van der Waals surface area contributed by atoms with Gasteiger partial charge in [-0.05, 0) is 38.5 Å². The fourth-order valence-electron chi connectivity index (χ4n) is 3.22. The molecule has 3 fully saturated rings. The molecule has 2 bridgehead atoms. The van der Waals surface area contributed by atoms with Crippen molar-refractivity contribution in [2.45, 2.75) is 48.7 Å². The summed E-state index contributed by atoms with van der Waals surface area (Å²) >= 11 is 19.6. The summed E-state index contributed by atoms with van der Waals surface area (Å²) in [5.74, 6) is 0. The van der Waals surface area contributed by atoms with E-state index in [0.29, 0.717) is 0 Å². The highest BCUT2D eigenvalue weighted by molar-refractivity contribution is 6.37. The number of alkyl halides is 3. The van der Waals surface area contributed by atoms with E-state index in [1.54, 1.807) is 0 Å². The van der Waals surface area contributed by atoms with E-state index in [-0.39, 0.29) is 16.2 Å². The molecule has 1 N–H and O–H groups in total. The first-order valence-corrected chi connectivity index (χ1v) is 8.12. The second kappa shape index (κ2) is 5.73. The molecule has 0 aromatic rings. The topological polar surface area (TPSA) is 15.3 Å². The second-order valence-corrected chi connectivity index (χ2v) is 8.23. The van der Waals surface area contributed by atoms with Crippen molar-refractivity contribution < 1.29 is 0 Å². The third-order valence-electron chi connectivity index (χ3n) is 4.53. The Hall–Kier alpha value is 0.530. The molecule has 0 aliphatic carbocycles. The largest absolute Gasteiger partial charge is 0.255 e. The molecule has 3 aliphatic rings. The maximum atomic E-state index is 6.75. The van der Waals surface area contributed by atoms with Crippen molar-refractivity contribution in [2.24, 2.45) is 5.41 Å². The molecule has 19 heavy (non-hydrogen) atoms. The van der Waals surface area contributed by atoms with Crippen LogP contribution in [-0.4, -0.2) is 40.3 Å². The summed E-state index contributed by atoms with van der Waals surface area (Å²) in [5, 5.41) is 1.71. The van der Waals surface area contributed by atoms with Crippen molar-refractivity contribution in [3.05, 3.63) is 12.2 Å². The summed E-state index contributed by atoms with van der Waals surface area (Å²) in [5.41, 5.74) is 4.60. The van der Waals surface area contributed by atoms with Gasteiger partial charge in [0.15, 0.2) is 0 Å². The molecule has 0 aromatic carbocycles. The van der Waals surface area contributed by atoms with Gasteiger partial charge in [0.1, 0.15) is 0 Å². The lowest BCUT2D eigenvalue weighted by molar-refractivity contribution is -0.0214. The average Bonchev–Trinajstić information content (AvgIpc) is 2.37. The van der Waals surface area contributed by atoms with E-state index >= 15 is 0 Å². The SMILES string of the molecule is C=C(C)C(Cl)C(Cl)C(C)(Cl)CC12CCN(CC1)NC2. The van der Waals surface area contributed by atoms with Crippen molar-refractivity contribution in [3.63, 3.8) is 0 Å². The molecule has 110 valence electrons. The smallest absolute Gasteiger partial charge is 0.0726 e. The minimum absolute atomic E-state index is 0.268. The van der Waals surface area contributed by atoms with Gasteiger partial charge in [-0.1, -0.05) is 12.2 Å². The minimum Gasteiger partial charge on any atom is -0.255 e. The van der Waals surface area contributed by atoms with Gasteiger partial charge in [-0.15, -0.1) is 34.8 Å². The van der Waals surface area contributed by atoms with Crippen LogP contribution >= 0.6 is 34.8 Å². The first-order chi connectivity index (χ1) is 8.76. The monoisotopic (exact) mass is 324 g/mol. The van der Waals surface area contributed by atoms with Gasteiger partial charge in [0.25, 0.3) is 0 Å². The molecule has 3 rings (SSSR count). The predicted octanol–water partition coefficient (Wildman–Crippen LogP) is 3.77. The number of piperidine rings is 1. The lowest BCUT2D eigenvalue weighted by Crippen LogP contribution is -2.60. The van der Waals surface area contributed by atoms with Crippen molar-refractivity contribution >= 4 is 34.8 Å². The van der Waals surface area contributed by atoms with Crippen LogP contribution in [0.15, 0.2) is 12.2 Å². The highest BCUT2D eigenvalue weighted by Gasteiger charge is 2.47. The number of hydrazine groups is 1. The van der Waals surface area contributed by atoms with Crippen LogP contribution in [0.2, 0.25) is 0 Å². The summed E-state index contributed by atoms with van der Waals surface area (Å²) in [6.07, 6.45) is 3.27. The van der Waals surface area contributed by atoms with E-state index in [2.05, 4.69) is 17.0 Å². The molecule has 3 unspecified atom stereocenters. The van der Waals surface area contributed by atoms with E-state index in [9.17, 15) is 0 Å². The Kier molecular flexibility index (Phi) is 4.80. The van der Waals surface area contributed by atoms with Crippen molar-refractivity contribution in [1.82, 2.24) is 10.4 Å². The minimum atomic E-state index is -0.506. The van der Waals surface area contributed by atoms with E-state index in [0.717, 1.165) is 31.6 Å². The molecule has 0 spiro atoms. The highest BCUT2D eigenvalue weighted by Crippen LogP contribution is 2.46. The molecule has 5 heteroatoms. The molecular weight excluding hydrogens is 303 g/mol. The van der Waals surface area contributed by atoms with Crippen LogP contribution in [0.25, 0.3) is 0 Å². The van der Waals surface area contributed by atoms with Crippen molar-refractivity contribution in [3.8, 4) is 0 Å². The molecular formula is C14H23Cl3N2. The second-order valence-electron chi connectivity index (χ2n) is 6.43. The van der Waals surface area contributed by atoms with Gasteiger partial charge < -0.3 is 0 Å². The average molecular weight is 326 g/mol. The molecule has 0 saturated carbocycles. The van der Waals surface area contributed by atoms with Gasteiger partial charge in [0, 0.05) is 19.6 Å². The Morgan fingerprint density at radius 1 is 1.42 bits per heavy atom. The van der Waals surface area contributed by atoms with Crippen LogP contribution < -0.4 is 5.43 Å². The van der Waals surface area contributed by atoms with Gasteiger partial charge in [-0.3, -0.25) is 5.43 Å². The van der Waals surface area contributed by atoms with Crippen LogP contribution in [0, 0.1) is 5.41 Å². The Morgan fingerprint density at radius 2 is 2.00 bits per heavy atom. The Morgan fingerprint density at radius 3 is 2.42 bits per heavy atom. The zero-order valence-corrected chi connectivity index (χ0v) is 14.0. The zero-order chi connectivity index (χ0) is 14.3. The van der Waals surface area contributed by atoms with Gasteiger partial charge in [-0.2, -0.15) is 0 Å². The lowest BCUT2D eigenvalue weighted by atomic mass is 9.70. The Balaban J connectivity index is 2.05. The standard InChI is InChI=1S/C14H23Cl3N2/c1-10(2)11(15)12(16)13(3,17)8-14-4-6-19(7-5-14)18-9-14/h11-12,18H,1,4-9H2,2-3H3. The third-order valence-corrected chi connectivity index (χ3v) is 6.49.